The molecule has 0 fully saturated rings. The second-order valence-electron chi connectivity index (χ2n) is 4.64. The fourth-order valence-corrected chi connectivity index (χ4v) is 1.96. The van der Waals surface area contributed by atoms with Crippen LogP contribution in [-0.2, 0) is 6.54 Å². The second-order valence-corrected chi connectivity index (χ2v) is 4.64. The molecule has 0 aliphatic heterocycles. The molecule has 21 heavy (non-hydrogen) atoms. The van der Waals surface area contributed by atoms with Gasteiger partial charge in [0.05, 0.1) is 5.56 Å². The molecule has 4 nitrogen and oxygen atoms in total. The first-order chi connectivity index (χ1) is 10.1. The number of anilines is 2. The minimum absolute atomic E-state index is 0.154. The van der Waals surface area contributed by atoms with E-state index < -0.39 is 0 Å². The molecule has 4 N–H and O–H groups in total. The summed E-state index contributed by atoms with van der Waals surface area (Å²) in [5.74, 6) is -0.426. The van der Waals surface area contributed by atoms with Gasteiger partial charge in [-0.15, -0.1) is 0 Å². The minimum Gasteiger partial charge on any atom is -0.399 e. The van der Waals surface area contributed by atoms with E-state index in [0.717, 1.165) is 5.56 Å². The minimum atomic E-state index is -0.272. The van der Waals surface area contributed by atoms with Crippen LogP contribution in [0.4, 0.5) is 15.8 Å². The van der Waals surface area contributed by atoms with Crippen molar-refractivity contribution in [3.63, 3.8) is 0 Å². The lowest BCUT2D eigenvalue weighted by atomic mass is 10.1. The van der Waals surface area contributed by atoms with Gasteiger partial charge in [-0.05, 0) is 42.8 Å². The van der Waals surface area contributed by atoms with Gasteiger partial charge in [0, 0.05) is 24.5 Å². The van der Waals surface area contributed by atoms with E-state index in [0.29, 0.717) is 30.0 Å². The monoisotopic (exact) mass is 287 g/mol. The molecule has 2 rings (SSSR count). The molecule has 2 aromatic rings. The number of rotatable bonds is 5. The van der Waals surface area contributed by atoms with Crippen LogP contribution in [0.25, 0.3) is 0 Å². The molecule has 0 heterocycles. The van der Waals surface area contributed by atoms with Gasteiger partial charge in [-0.3, -0.25) is 4.79 Å². The summed E-state index contributed by atoms with van der Waals surface area (Å²) in [6.07, 6.45) is 0. The fourth-order valence-electron chi connectivity index (χ4n) is 1.96. The van der Waals surface area contributed by atoms with Crippen molar-refractivity contribution in [3.05, 3.63) is 59.4 Å². The Morgan fingerprint density at radius 3 is 2.57 bits per heavy atom. The summed E-state index contributed by atoms with van der Waals surface area (Å²) >= 11 is 0. The first-order valence-corrected chi connectivity index (χ1v) is 6.76. The zero-order valence-electron chi connectivity index (χ0n) is 11.8. The Kier molecular flexibility index (Phi) is 4.77. The summed E-state index contributed by atoms with van der Waals surface area (Å²) in [5.41, 5.74) is 8.45. The number of nitrogens with two attached hydrogens (primary N) is 1. The molecule has 1 amide bonds. The topological polar surface area (TPSA) is 67.2 Å². The molecule has 0 saturated carbocycles. The summed E-state index contributed by atoms with van der Waals surface area (Å²) < 4.78 is 12.9. The molecule has 0 aliphatic rings. The molecule has 2 aromatic carbocycles. The fraction of sp³-hybridized carbons (Fsp3) is 0.188. The average Bonchev–Trinajstić information content (AvgIpc) is 2.47. The van der Waals surface area contributed by atoms with E-state index in [2.05, 4.69) is 10.6 Å². The zero-order chi connectivity index (χ0) is 15.2. The number of hydrogen-bond acceptors (Lipinski definition) is 3. The molecule has 0 unspecified atom stereocenters. The van der Waals surface area contributed by atoms with E-state index in [1.807, 2.05) is 6.92 Å². The van der Waals surface area contributed by atoms with Crippen molar-refractivity contribution >= 4 is 17.3 Å². The van der Waals surface area contributed by atoms with Crippen LogP contribution < -0.4 is 16.4 Å². The maximum absolute atomic E-state index is 12.9. The Hall–Kier alpha value is -2.56. The standard InChI is InChI=1S/C16H18FN3O/c1-2-19-16(21)14-8-7-13(18)9-15(14)20-10-11-3-5-12(17)6-4-11/h3-9,20H,2,10,18H2,1H3,(H,19,21). The maximum atomic E-state index is 12.9. The first kappa shape index (κ1) is 14.8. The van der Waals surface area contributed by atoms with Crippen molar-refractivity contribution in [2.75, 3.05) is 17.6 Å². The molecule has 0 spiro atoms. The highest BCUT2D eigenvalue weighted by Crippen LogP contribution is 2.20. The molecule has 0 radical (unpaired) electrons. The number of benzene rings is 2. The predicted octanol–water partition coefficient (Wildman–Crippen LogP) is 2.77. The number of nitrogens with one attached hydrogen (secondary N) is 2. The number of carbonyl (C=O) groups is 1. The van der Waals surface area contributed by atoms with Crippen LogP contribution in [0.15, 0.2) is 42.5 Å². The average molecular weight is 287 g/mol. The Balaban J connectivity index is 2.16. The lowest BCUT2D eigenvalue weighted by molar-refractivity contribution is 0.0956. The van der Waals surface area contributed by atoms with Crippen molar-refractivity contribution in [2.24, 2.45) is 0 Å². The number of hydrogen-bond donors (Lipinski definition) is 3. The van der Waals surface area contributed by atoms with Crippen LogP contribution in [0.3, 0.4) is 0 Å². The largest absolute Gasteiger partial charge is 0.399 e. The van der Waals surface area contributed by atoms with Gasteiger partial charge in [-0.25, -0.2) is 4.39 Å². The molecule has 0 atom stereocenters. The molecule has 0 aliphatic carbocycles. The number of nitrogen functional groups attached to an aromatic ring is 1. The van der Waals surface area contributed by atoms with Crippen molar-refractivity contribution < 1.29 is 9.18 Å². The van der Waals surface area contributed by atoms with Crippen LogP contribution >= 0.6 is 0 Å². The number of amides is 1. The molecular weight excluding hydrogens is 269 g/mol. The third-order valence-corrected chi connectivity index (χ3v) is 3.02. The van der Waals surface area contributed by atoms with E-state index in [4.69, 9.17) is 5.73 Å². The highest BCUT2D eigenvalue weighted by Gasteiger charge is 2.10. The Labute approximate surface area is 123 Å². The van der Waals surface area contributed by atoms with Gasteiger partial charge >= 0.3 is 0 Å². The third kappa shape index (κ3) is 3.95. The molecule has 0 aromatic heterocycles. The van der Waals surface area contributed by atoms with Crippen molar-refractivity contribution in [3.8, 4) is 0 Å². The van der Waals surface area contributed by atoms with Gasteiger partial charge in [0.25, 0.3) is 5.91 Å². The van der Waals surface area contributed by atoms with E-state index in [-0.39, 0.29) is 11.7 Å². The normalized spacial score (nSPS) is 10.2. The van der Waals surface area contributed by atoms with Gasteiger partial charge in [-0.1, -0.05) is 12.1 Å². The van der Waals surface area contributed by atoms with Crippen LogP contribution in [0.2, 0.25) is 0 Å². The van der Waals surface area contributed by atoms with Gasteiger partial charge in [-0.2, -0.15) is 0 Å². The molecule has 5 heteroatoms. The second kappa shape index (κ2) is 6.74. The van der Waals surface area contributed by atoms with E-state index in [1.54, 1.807) is 30.3 Å². The van der Waals surface area contributed by atoms with E-state index in [1.165, 1.54) is 12.1 Å². The molecule has 0 bridgehead atoms. The highest BCUT2D eigenvalue weighted by molar-refractivity contribution is 6.00. The third-order valence-electron chi connectivity index (χ3n) is 3.02. The van der Waals surface area contributed by atoms with Crippen LogP contribution in [0, 0.1) is 5.82 Å². The van der Waals surface area contributed by atoms with Crippen molar-refractivity contribution in [2.45, 2.75) is 13.5 Å². The summed E-state index contributed by atoms with van der Waals surface area (Å²) in [6, 6.07) is 11.3. The van der Waals surface area contributed by atoms with Gasteiger partial charge < -0.3 is 16.4 Å². The lowest BCUT2D eigenvalue weighted by Gasteiger charge is -2.13. The Morgan fingerprint density at radius 1 is 1.19 bits per heavy atom. The quantitative estimate of drug-likeness (QED) is 0.741. The molecule has 0 saturated heterocycles. The number of halogens is 1. The number of carbonyl (C=O) groups excluding carboxylic acids is 1. The SMILES string of the molecule is CCNC(=O)c1ccc(N)cc1NCc1ccc(F)cc1. The molecule has 110 valence electrons. The summed E-state index contributed by atoms with van der Waals surface area (Å²) in [7, 11) is 0. The van der Waals surface area contributed by atoms with Gasteiger partial charge in [0.2, 0.25) is 0 Å². The summed E-state index contributed by atoms with van der Waals surface area (Å²) in [4.78, 5) is 12.0. The molecular formula is C16H18FN3O. The smallest absolute Gasteiger partial charge is 0.253 e. The van der Waals surface area contributed by atoms with Gasteiger partial charge in [0.15, 0.2) is 0 Å². The van der Waals surface area contributed by atoms with Crippen molar-refractivity contribution in [1.82, 2.24) is 5.32 Å². The van der Waals surface area contributed by atoms with Crippen LogP contribution in [-0.4, -0.2) is 12.5 Å². The highest BCUT2D eigenvalue weighted by atomic mass is 19.1. The van der Waals surface area contributed by atoms with Crippen molar-refractivity contribution in [1.29, 1.82) is 0 Å². The first-order valence-electron chi connectivity index (χ1n) is 6.76. The predicted molar refractivity (Wildman–Crippen MR) is 82.6 cm³/mol. The lowest BCUT2D eigenvalue weighted by Crippen LogP contribution is -2.23. The van der Waals surface area contributed by atoms with E-state index >= 15 is 0 Å². The summed E-state index contributed by atoms with van der Waals surface area (Å²) in [5, 5.41) is 5.92. The van der Waals surface area contributed by atoms with Gasteiger partial charge in [0.1, 0.15) is 5.82 Å². The van der Waals surface area contributed by atoms with Crippen LogP contribution in [0.5, 0.6) is 0 Å². The van der Waals surface area contributed by atoms with E-state index in [9.17, 15) is 9.18 Å². The summed E-state index contributed by atoms with van der Waals surface area (Å²) in [6.45, 7) is 2.90. The maximum Gasteiger partial charge on any atom is 0.253 e. The van der Waals surface area contributed by atoms with Crippen LogP contribution in [0.1, 0.15) is 22.8 Å². The Morgan fingerprint density at radius 2 is 1.90 bits per heavy atom. The Bertz CT molecular complexity index is 626. The zero-order valence-corrected chi connectivity index (χ0v) is 11.8.